The molecule has 3 aromatic rings. The molecule has 4 rings (SSSR count). The molecule has 1 aromatic carbocycles. The molecule has 1 amide bonds. The van der Waals surface area contributed by atoms with Crippen LogP contribution in [-0.4, -0.2) is 45.0 Å². The van der Waals surface area contributed by atoms with Crippen molar-refractivity contribution < 1.29 is 23.5 Å². The normalized spacial score (nSPS) is 13.6. The number of hydrogen-bond donors (Lipinski definition) is 1. The summed E-state index contributed by atoms with van der Waals surface area (Å²) in [5.74, 6) is -1.98. The van der Waals surface area contributed by atoms with Crippen LogP contribution >= 0.6 is 0 Å². The predicted octanol–water partition coefficient (Wildman–Crippen LogP) is 2.87. The molecule has 1 N–H and O–H groups in total. The third-order valence-corrected chi connectivity index (χ3v) is 4.76. The molecule has 0 radical (unpaired) electrons. The summed E-state index contributed by atoms with van der Waals surface area (Å²) >= 11 is 0. The summed E-state index contributed by atoms with van der Waals surface area (Å²) in [5.41, 5.74) is 1.61. The van der Waals surface area contributed by atoms with Crippen LogP contribution < -0.4 is 0 Å². The Kier molecular flexibility index (Phi) is 5.67. The van der Waals surface area contributed by atoms with Gasteiger partial charge in [-0.3, -0.25) is 14.6 Å². The van der Waals surface area contributed by atoms with Gasteiger partial charge in [0.15, 0.2) is 0 Å². The zero-order valence-electron chi connectivity index (χ0n) is 15.2. The van der Waals surface area contributed by atoms with Crippen molar-refractivity contribution in [1.29, 1.82) is 0 Å². The van der Waals surface area contributed by atoms with Crippen LogP contribution in [0.25, 0.3) is 10.9 Å². The molecule has 146 valence electrons. The molecule has 1 aliphatic heterocycles. The molecular formula is C20H19F2N3O3. The van der Waals surface area contributed by atoms with Crippen molar-refractivity contribution in [1.82, 2.24) is 14.5 Å². The number of likely N-dealkylation sites (tertiary alicyclic amines) is 1. The van der Waals surface area contributed by atoms with Crippen LogP contribution in [-0.2, 0) is 18.3 Å². The van der Waals surface area contributed by atoms with E-state index in [2.05, 4.69) is 4.98 Å². The lowest BCUT2D eigenvalue weighted by Crippen LogP contribution is -2.51. The number of carbonyl (C=O) groups is 2. The van der Waals surface area contributed by atoms with Crippen LogP contribution in [0.3, 0.4) is 0 Å². The maximum absolute atomic E-state index is 13.7. The first-order valence-corrected chi connectivity index (χ1v) is 8.66. The zero-order valence-corrected chi connectivity index (χ0v) is 15.2. The topological polar surface area (TPSA) is 75.4 Å². The van der Waals surface area contributed by atoms with Gasteiger partial charge in [-0.05, 0) is 36.6 Å². The number of carbonyl (C=O) groups excluding carboxylic acids is 1. The summed E-state index contributed by atoms with van der Waals surface area (Å²) in [6.07, 6.45) is 4.51. The van der Waals surface area contributed by atoms with Gasteiger partial charge in [-0.2, -0.15) is 0 Å². The number of pyridine rings is 1. The van der Waals surface area contributed by atoms with E-state index in [4.69, 9.17) is 9.90 Å². The highest BCUT2D eigenvalue weighted by Crippen LogP contribution is 2.26. The number of benzene rings is 1. The van der Waals surface area contributed by atoms with E-state index in [-0.39, 0.29) is 12.4 Å². The van der Waals surface area contributed by atoms with Crippen LogP contribution in [0, 0.1) is 17.6 Å². The average molecular weight is 387 g/mol. The first-order valence-electron chi connectivity index (χ1n) is 8.66. The number of aromatic nitrogens is 2. The van der Waals surface area contributed by atoms with Crippen molar-refractivity contribution in [2.75, 3.05) is 13.1 Å². The van der Waals surface area contributed by atoms with Crippen LogP contribution in [0.2, 0.25) is 0 Å². The van der Waals surface area contributed by atoms with Crippen LogP contribution in [0.5, 0.6) is 0 Å². The number of rotatable bonds is 3. The van der Waals surface area contributed by atoms with Crippen molar-refractivity contribution in [3.8, 4) is 0 Å². The minimum absolute atomic E-state index is 0.242. The number of hydrogen-bond acceptors (Lipinski definition) is 3. The van der Waals surface area contributed by atoms with E-state index in [1.54, 1.807) is 6.20 Å². The Morgan fingerprint density at radius 2 is 1.89 bits per heavy atom. The summed E-state index contributed by atoms with van der Waals surface area (Å²) in [6, 6.07) is 7.47. The molecular weight excluding hydrogens is 368 g/mol. The van der Waals surface area contributed by atoms with Crippen molar-refractivity contribution in [3.63, 3.8) is 0 Å². The highest BCUT2D eigenvalue weighted by Gasteiger charge is 2.34. The summed E-state index contributed by atoms with van der Waals surface area (Å²) in [6.45, 7) is 0.712. The predicted molar refractivity (Wildman–Crippen MR) is 98.9 cm³/mol. The SMILES string of the molecule is Cn1ccc2ccnc(CC3CN(C(=O)c4c(F)cccc4F)C3)c21.O=CO. The zero-order chi connectivity index (χ0) is 20.3. The summed E-state index contributed by atoms with van der Waals surface area (Å²) in [7, 11) is 1.98. The Bertz CT molecular complexity index is 993. The number of amides is 1. The summed E-state index contributed by atoms with van der Waals surface area (Å²) in [4.78, 5) is 26.6. The Labute approximate surface area is 160 Å². The van der Waals surface area contributed by atoms with E-state index in [1.807, 2.05) is 29.9 Å². The van der Waals surface area contributed by atoms with E-state index in [1.165, 1.54) is 11.0 Å². The Hall–Kier alpha value is -3.29. The molecule has 1 aliphatic rings. The smallest absolute Gasteiger partial charge is 0.290 e. The molecule has 2 aromatic heterocycles. The van der Waals surface area contributed by atoms with Crippen molar-refractivity contribution >= 4 is 23.3 Å². The Morgan fingerprint density at radius 1 is 1.25 bits per heavy atom. The molecule has 1 saturated heterocycles. The second-order valence-corrected chi connectivity index (χ2v) is 6.60. The van der Waals surface area contributed by atoms with Gasteiger partial charge in [0, 0.05) is 37.9 Å². The molecule has 1 fully saturated rings. The fourth-order valence-corrected chi connectivity index (χ4v) is 3.47. The third-order valence-electron chi connectivity index (χ3n) is 4.76. The molecule has 6 nitrogen and oxygen atoms in total. The van der Waals surface area contributed by atoms with Gasteiger partial charge >= 0.3 is 0 Å². The fraction of sp³-hybridized carbons (Fsp3) is 0.250. The molecule has 0 saturated carbocycles. The maximum Gasteiger partial charge on any atom is 0.290 e. The standard InChI is InChI=1S/C19H17F2N3O.CH2O2/c1-23-8-6-13-5-7-22-16(18(13)23)9-12-10-24(11-12)19(25)17-14(20)3-2-4-15(17)21;2-1-3/h2-8,12H,9-11H2,1H3;1H,(H,2,3). The van der Waals surface area contributed by atoms with Gasteiger partial charge < -0.3 is 14.6 Å². The van der Waals surface area contributed by atoms with E-state index < -0.39 is 23.1 Å². The average Bonchev–Trinajstić information content (AvgIpc) is 3.00. The van der Waals surface area contributed by atoms with E-state index in [0.29, 0.717) is 13.1 Å². The van der Waals surface area contributed by atoms with Crippen molar-refractivity contribution in [2.24, 2.45) is 13.0 Å². The maximum atomic E-state index is 13.7. The highest BCUT2D eigenvalue weighted by atomic mass is 19.1. The first-order chi connectivity index (χ1) is 13.5. The first kappa shape index (κ1) is 19.5. The monoisotopic (exact) mass is 387 g/mol. The van der Waals surface area contributed by atoms with E-state index in [0.717, 1.165) is 35.2 Å². The lowest BCUT2D eigenvalue weighted by molar-refractivity contribution is -0.122. The van der Waals surface area contributed by atoms with Crippen LogP contribution in [0.15, 0.2) is 42.7 Å². The fourth-order valence-electron chi connectivity index (χ4n) is 3.47. The number of nitrogens with zero attached hydrogens (tertiary/aromatic N) is 3. The molecule has 0 bridgehead atoms. The third kappa shape index (κ3) is 3.71. The number of fused-ring (bicyclic) bond motifs is 1. The van der Waals surface area contributed by atoms with Crippen molar-refractivity contribution in [2.45, 2.75) is 6.42 Å². The Balaban J connectivity index is 0.000000706. The van der Waals surface area contributed by atoms with Gasteiger partial charge in [0.1, 0.15) is 17.2 Å². The second-order valence-electron chi connectivity index (χ2n) is 6.60. The van der Waals surface area contributed by atoms with Crippen LogP contribution in [0.1, 0.15) is 16.1 Å². The molecule has 0 spiro atoms. The second kappa shape index (κ2) is 8.16. The van der Waals surface area contributed by atoms with Gasteiger partial charge in [-0.1, -0.05) is 6.07 Å². The quantitative estimate of drug-likeness (QED) is 0.702. The molecule has 28 heavy (non-hydrogen) atoms. The summed E-state index contributed by atoms with van der Waals surface area (Å²) in [5, 5.41) is 8.02. The molecule has 3 heterocycles. The van der Waals surface area contributed by atoms with Gasteiger partial charge in [-0.15, -0.1) is 0 Å². The number of halogens is 2. The molecule has 0 atom stereocenters. The molecule has 8 heteroatoms. The van der Waals surface area contributed by atoms with Gasteiger partial charge in [0.25, 0.3) is 12.4 Å². The highest BCUT2D eigenvalue weighted by molar-refractivity contribution is 5.95. The van der Waals surface area contributed by atoms with Gasteiger partial charge in [-0.25, -0.2) is 8.78 Å². The lowest BCUT2D eigenvalue weighted by atomic mass is 9.93. The van der Waals surface area contributed by atoms with Gasteiger partial charge in [0.2, 0.25) is 0 Å². The number of aryl methyl sites for hydroxylation is 1. The van der Waals surface area contributed by atoms with Crippen molar-refractivity contribution in [3.05, 3.63) is 65.6 Å². The molecule has 0 unspecified atom stereocenters. The Morgan fingerprint density at radius 3 is 2.54 bits per heavy atom. The lowest BCUT2D eigenvalue weighted by Gasteiger charge is -2.39. The largest absolute Gasteiger partial charge is 0.483 e. The minimum atomic E-state index is -0.816. The van der Waals surface area contributed by atoms with Gasteiger partial charge in [0.05, 0.1) is 11.2 Å². The molecule has 0 aliphatic carbocycles. The minimum Gasteiger partial charge on any atom is -0.483 e. The number of carboxylic acid groups (broad SMARTS) is 1. The van der Waals surface area contributed by atoms with Crippen LogP contribution in [0.4, 0.5) is 8.78 Å². The van der Waals surface area contributed by atoms with E-state index in [9.17, 15) is 13.6 Å². The van der Waals surface area contributed by atoms with E-state index >= 15 is 0 Å². The summed E-state index contributed by atoms with van der Waals surface area (Å²) < 4.78 is 29.5.